The fourth-order valence-electron chi connectivity index (χ4n) is 3.34. The van der Waals surface area contributed by atoms with Gasteiger partial charge in [0.25, 0.3) is 5.91 Å². The monoisotopic (exact) mass is 373 g/mol. The van der Waals surface area contributed by atoms with E-state index < -0.39 is 0 Å². The molecule has 1 saturated heterocycles. The zero-order valence-corrected chi connectivity index (χ0v) is 15.6. The fraction of sp³-hybridized carbons (Fsp3) is 0.350. The van der Waals surface area contributed by atoms with Crippen molar-refractivity contribution in [1.29, 1.82) is 0 Å². The van der Waals surface area contributed by atoms with Gasteiger partial charge in [-0.25, -0.2) is 0 Å². The average Bonchev–Trinajstić information content (AvgIpc) is 2.64. The number of rotatable bonds is 5. The minimum absolute atomic E-state index is 0.0981. The highest BCUT2D eigenvalue weighted by atomic mass is 35.5. The lowest BCUT2D eigenvalue weighted by atomic mass is 10.0. The van der Waals surface area contributed by atoms with E-state index in [9.17, 15) is 4.79 Å². The second kappa shape index (κ2) is 8.43. The summed E-state index contributed by atoms with van der Waals surface area (Å²) in [5, 5.41) is 3.46. The van der Waals surface area contributed by atoms with E-state index in [1.165, 1.54) is 12.7 Å². The first-order valence-electron chi connectivity index (χ1n) is 8.77. The first-order valence-corrected chi connectivity index (χ1v) is 9.14. The summed E-state index contributed by atoms with van der Waals surface area (Å²) in [6.07, 6.45) is 2.01. The van der Waals surface area contributed by atoms with Crippen LogP contribution in [0, 0.1) is 0 Å². The third-order valence-corrected chi connectivity index (χ3v) is 4.98. The van der Waals surface area contributed by atoms with E-state index in [0.29, 0.717) is 22.0 Å². The molecular weight excluding hydrogens is 350 g/mol. The van der Waals surface area contributed by atoms with Gasteiger partial charge >= 0.3 is 0 Å². The maximum atomic E-state index is 12.7. The van der Waals surface area contributed by atoms with Gasteiger partial charge < -0.3 is 15.8 Å². The molecule has 5 nitrogen and oxygen atoms in total. The van der Waals surface area contributed by atoms with Crippen molar-refractivity contribution in [2.75, 3.05) is 25.9 Å². The molecule has 0 radical (unpaired) electrons. The molecule has 1 aliphatic heterocycles. The number of piperidine rings is 1. The second-order valence-electron chi connectivity index (χ2n) is 6.61. The van der Waals surface area contributed by atoms with Gasteiger partial charge in [0.05, 0.1) is 23.4 Å². The summed E-state index contributed by atoms with van der Waals surface area (Å²) in [5.41, 5.74) is 7.88. The number of carbonyl (C=O) groups is 1. The lowest BCUT2D eigenvalue weighted by Gasteiger charge is -2.33. The average molecular weight is 374 g/mol. The second-order valence-corrected chi connectivity index (χ2v) is 7.01. The van der Waals surface area contributed by atoms with Crippen LogP contribution in [0.25, 0.3) is 0 Å². The molecule has 0 aromatic heterocycles. The molecule has 0 aliphatic carbocycles. The van der Waals surface area contributed by atoms with Gasteiger partial charge in [-0.05, 0) is 31.0 Å². The van der Waals surface area contributed by atoms with Crippen molar-refractivity contribution in [3.05, 3.63) is 58.6 Å². The first-order chi connectivity index (χ1) is 12.6. The summed E-state index contributed by atoms with van der Waals surface area (Å²) in [4.78, 5) is 15.1. The van der Waals surface area contributed by atoms with Crippen LogP contribution in [-0.2, 0) is 6.54 Å². The zero-order valence-electron chi connectivity index (χ0n) is 14.9. The highest BCUT2D eigenvalue weighted by molar-refractivity contribution is 6.33. The first kappa shape index (κ1) is 18.5. The summed E-state index contributed by atoms with van der Waals surface area (Å²) in [7, 11) is 1.52. The SMILES string of the molecule is COc1cc(N)c(Cl)cc1C(=O)N[C@@H]1CCCN(Cc2ccccc2)C1. The number of anilines is 1. The number of ether oxygens (including phenoxy) is 1. The van der Waals surface area contributed by atoms with Gasteiger partial charge in [0.1, 0.15) is 5.75 Å². The van der Waals surface area contributed by atoms with Crippen LogP contribution in [0.4, 0.5) is 5.69 Å². The maximum Gasteiger partial charge on any atom is 0.255 e. The highest BCUT2D eigenvalue weighted by Gasteiger charge is 2.23. The molecule has 2 aromatic rings. The molecule has 0 spiro atoms. The van der Waals surface area contributed by atoms with Crippen molar-refractivity contribution < 1.29 is 9.53 Å². The Morgan fingerprint density at radius 1 is 1.35 bits per heavy atom. The molecule has 1 heterocycles. The number of nitrogens with one attached hydrogen (secondary N) is 1. The predicted molar refractivity (Wildman–Crippen MR) is 105 cm³/mol. The quantitative estimate of drug-likeness (QED) is 0.789. The lowest BCUT2D eigenvalue weighted by Crippen LogP contribution is -2.47. The Balaban J connectivity index is 1.65. The Kier molecular flexibility index (Phi) is 6.01. The van der Waals surface area contributed by atoms with E-state index in [1.807, 2.05) is 6.07 Å². The molecule has 1 fully saturated rings. The van der Waals surface area contributed by atoms with Crippen molar-refractivity contribution in [3.63, 3.8) is 0 Å². The number of nitrogen functional groups attached to an aromatic ring is 1. The topological polar surface area (TPSA) is 67.6 Å². The van der Waals surface area contributed by atoms with Gasteiger partial charge in [-0.3, -0.25) is 9.69 Å². The van der Waals surface area contributed by atoms with Crippen LogP contribution < -0.4 is 15.8 Å². The molecular formula is C20H24ClN3O2. The van der Waals surface area contributed by atoms with Crippen molar-refractivity contribution in [2.24, 2.45) is 0 Å². The van der Waals surface area contributed by atoms with E-state index in [1.54, 1.807) is 12.1 Å². The summed E-state index contributed by atoms with van der Waals surface area (Å²) in [5.74, 6) is 0.247. The molecule has 3 N–H and O–H groups in total. The largest absolute Gasteiger partial charge is 0.496 e. The lowest BCUT2D eigenvalue weighted by molar-refractivity contribution is 0.0898. The van der Waals surface area contributed by atoms with Gasteiger partial charge in [-0.15, -0.1) is 0 Å². The number of nitrogens with zero attached hydrogens (tertiary/aromatic N) is 1. The van der Waals surface area contributed by atoms with Crippen LogP contribution in [0.15, 0.2) is 42.5 Å². The number of halogens is 1. The Bertz CT molecular complexity index is 767. The van der Waals surface area contributed by atoms with E-state index in [2.05, 4.69) is 34.5 Å². The number of hydrogen-bond acceptors (Lipinski definition) is 4. The number of carbonyl (C=O) groups excluding carboxylic acids is 1. The van der Waals surface area contributed by atoms with Crippen molar-refractivity contribution in [1.82, 2.24) is 10.2 Å². The molecule has 1 amide bonds. The number of hydrogen-bond donors (Lipinski definition) is 2. The predicted octanol–water partition coefficient (Wildman–Crippen LogP) is 3.33. The van der Waals surface area contributed by atoms with Crippen LogP contribution in [0.1, 0.15) is 28.8 Å². The van der Waals surface area contributed by atoms with Crippen molar-refractivity contribution in [3.8, 4) is 5.75 Å². The Labute approximate surface area is 159 Å². The zero-order chi connectivity index (χ0) is 18.5. The standard InChI is InChI=1S/C20H24ClN3O2/c1-26-19-11-18(22)17(21)10-16(19)20(25)23-15-8-5-9-24(13-15)12-14-6-3-2-4-7-14/h2-4,6-7,10-11,15H,5,8-9,12-13,22H2,1H3,(H,23,25)/t15-/m1/s1. The highest BCUT2D eigenvalue weighted by Crippen LogP contribution is 2.29. The molecule has 0 saturated carbocycles. The van der Waals surface area contributed by atoms with E-state index >= 15 is 0 Å². The van der Waals surface area contributed by atoms with Crippen LogP contribution in [0.2, 0.25) is 5.02 Å². The molecule has 1 aliphatic rings. The van der Waals surface area contributed by atoms with Crippen molar-refractivity contribution >= 4 is 23.2 Å². The normalized spacial score (nSPS) is 17.7. The maximum absolute atomic E-state index is 12.7. The third-order valence-electron chi connectivity index (χ3n) is 4.65. The third kappa shape index (κ3) is 4.48. The van der Waals surface area contributed by atoms with Crippen LogP contribution in [-0.4, -0.2) is 37.0 Å². The fourth-order valence-corrected chi connectivity index (χ4v) is 3.50. The number of likely N-dealkylation sites (tertiary alicyclic amines) is 1. The van der Waals surface area contributed by atoms with E-state index in [0.717, 1.165) is 32.5 Å². The van der Waals surface area contributed by atoms with Crippen LogP contribution in [0.5, 0.6) is 5.75 Å². The minimum atomic E-state index is -0.185. The Hall–Kier alpha value is -2.24. The molecule has 6 heteroatoms. The van der Waals surface area contributed by atoms with Gasteiger partial charge in [-0.1, -0.05) is 41.9 Å². The van der Waals surface area contributed by atoms with Crippen LogP contribution in [0.3, 0.4) is 0 Å². The van der Waals surface area contributed by atoms with Gasteiger partial charge in [-0.2, -0.15) is 0 Å². The Morgan fingerprint density at radius 3 is 2.85 bits per heavy atom. The van der Waals surface area contributed by atoms with Crippen LogP contribution >= 0.6 is 11.6 Å². The van der Waals surface area contributed by atoms with Crippen molar-refractivity contribution in [2.45, 2.75) is 25.4 Å². The molecule has 26 heavy (non-hydrogen) atoms. The minimum Gasteiger partial charge on any atom is -0.496 e. The summed E-state index contributed by atoms with van der Waals surface area (Å²) < 4.78 is 5.28. The molecule has 3 rings (SSSR count). The van der Waals surface area contributed by atoms with Gasteiger partial charge in [0, 0.05) is 25.2 Å². The molecule has 138 valence electrons. The van der Waals surface area contributed by atoms with Gasteiger partial charge in [0.2, 0.25) is 0 Å². The summed E-state index contributed by atoms with van der Waals surface area (Å²) in [6.45, 7) is 2.76. The van der Waals surface area contributed by atoms with E-state index in [-0.39, 0.29) is 11.9 Å². The summed E-state index contributed by atoms with van der Waals surface area (Å²) >= 11 is 6.07. The van der Waals surface area contributed by atoms with Gasteiger partial charge in [0.15, 0.2) is 0 Å². The summed E-state index contributed by atoms with van der Waals surface area (Å²) in [6, 6.07) is 13.6. The number of amides is 1. The number of nitrogens with two attached hydrogens (primary N) is 1. The molecule has 1 atom stereocenters. The van der Waals surface area contributed by atoms with E-state index in [4.69, 9.17) is 22.1 Å². The Morgan fingerprint density at radius 2 is 2.12 bits per heavy atom. The molecule has 2 aromatic carbocycles. The smallest absolute Gasteiger partial charge is 0.255 e. The number of benzene rings is 2. The number of methoxy groups -OCH3 is 1. The molecule has 0 bridgehead atoms. The molecule has 0 unspecified atom stereocenters.